The van der Waals surface area contributed by atoms with Gasteiger partial charge in [0.25, 0.3) is 5.56 Å². The van der Waals surface area contributed by atoms with Gasteiger partial charge in [-0.2, -0.15) is 0 Å². The highest BCUT2D eigenvalue weighted by molar-refractivity contribution is 7.21. The lowest BCUT2D eigenvalue weighted by molar-refractivity contribution is -0.383. The van der Waals surface area contributed by atoms with E-state index in [4.69, 9.17) is 0 Å². The van der Waals surface area contributed by atoms with E-state index in [0.717, 1.165) is 24.8 Å². The number of nitrogens with zero attached hydrogens (tertiary/aromatic N) is 2. The molecule has 1 N–H and O–H groups in total. The van der Waals surface area contributed by atoms with Crippen molar-refractivity contribution >= 4 is 33.2 Å². The van der Waals surface area contributed by atoms with Crippen LogP contribution in [-0.2, 0) is 4.74 Å². The lowest BCUT2D eigenvalue weighted by Gasteiger charge is -1.93. The maximum Gasteiger partial charge on any atom is 0.355 e. The minimum absolute atomic E-state index is 0.126. The number of ether oxygens (including phenoxy) is 1. The normalized spacial score (nSPS) is 10.4. The molecule has 0 fully saturated rings. The molecule has 2 aromatic rings. The first kappa shape index (κ1) is 11.2. The highest BCUT2D eigenvalue weighted by atomic mass is 32.1. The van der Waals surface area contributed by atoms with Gasteiger partial charge in [-0.15, -0.1) is 11.3 Å². The fourth-order valence-electron chi connectivity index (χ4n) is 1.33. The SMILES string of the molecule is COC(=O)c1sc2nc[nH]c(=O)c2c1[N+](=O)[O-]. The number of hydrogen-bond donors (Lipinski definition) is 1. The predicted molar refractivity (Wildman–Crippen MR) is 58.2 cm³/mol. The van der Waals surface area contributed by atoms with Crippen molar-refractivity contribution in [2.45, 2.75) is 0 Å². The number of carbonyl (C=O) groups is 1. The number of H-pyrrole nitrogens is 1. The number of esters is 1. The summed E-state index contributed by atoms with van der Waals surface area (Å²) in [6.45, 7) is 0. The fourth-order valence-corrected chi connectivity index (χ4v) is 2.36. The molecule has 0 bridgehead atoms. The van der Waals surface area contributed by atoms with E-state index in [-0.39, 0.29) is 15.1 Å². The zero-order valence-corrected chi connectivity index (χ0v) is 9.24. The molecule has 0 aliphatic rings. The number of hydrogen-bond acceptors (Lipinski definition) is 7. The van der Waals surface area contributed by atoms with Gasteiger partial charge in [0, 0.05) is 0 Å². The Kier molecular flexibility index (Phi) is 2.60. The smallest absolute Gasteiger partial charge is 0.355 e. The molecule has 0 saturated carbocycles. The van der Waals surface area contributed by atoms with Crippen molar-refractivity contribution < 1.29 is 14.5 Å². The molecule has 2 aromatic heterocycles. The molecule has 0 atom stereocenters. The third-order valence-corrected chi connectivity index (χ3v) is 3.09. The first-order valence-electron chi connectivity index (χ1n) is 4.29. The van der Waals surface area contributed by atoms with Gasteiger partial charge in [0.1, 0.15) is 4.83 Å². The number of nitrogens with one attached hydrogen (secondary N) is 1. The number of aromatic amines is 1. The van der Waals surface area contributed by atoms with E-state index in [9.17, 15) is 19.7 Å². The molecule has 0 saturated heterocycles. The van der Waals surface area contributed by atoms with Crippen LogP contribution in [0.15, 0.2) is 11.1 Å². The first-order chi connectivity index (χ1) is 8.06. The molecular weight excluding hydrogens is 250 g/mol. The van der Waals surface area contributed by atoms with Crippen LogP contribution in [0.1, 0.15) is 9.67 Å². The highest BCUT2D eigenvalue weighted by Crippen LogP contribution is 2.34. The molecule has 0 radical (unpaired) electrons. The minimum atomic E-state index is -0.862. The number of carbonyl (C=O) groups excluding carboxylic acids is 1. The summed E-state index contributed by atoms with van der Waals surface area (Å²) in [7, 11) is 1.11. The summed E-state index contributed by atoms with van der Waals surface area (Å²) in [6, 6.07) is 0. The number of fused-ring (bicyclic) bond motifs is 1. The fraction of sp³-hybridized carbons (Fsp3) is 0.125. The van der Waals surface area contributed by atoms with E-state index in [1.165, 1.54) is 0 Å². The van der Waals surface area contributed by atoms with Gasteiger partial charge in [0.2, 0.25) is 0 Å². The van der Waals surface area contributed by atoms with E-state index < -0.39 is 22.1 Å². The summed E-state index contributed by atoms with van der Waals surface area (Å²) in [5, 5.41) is 10.7. The maximum atomic E-state index is 11.5. The number of methoxy groups -OCH3 is 1. The number of thiophene rings is 1. The molecule has 0 aromatic carbocycles. The second-order valence-corrected chi connectivity index (χ2v) is 3.94. The van der Waals surface area contributed by atoms with Crippen LogP contribution in [0, 0.1) is 10.1 Å². The van der Waals surface area contributed by atoms with E-state index in [1.54, 1.807) is 0 Å². The Bertz CT molecular complexity index is 673. The van der Waals surface area contributed by atoms with Crippen molar-refractivity contribution in [2.75, 3.05) is 7.11 Å². The second-order valence-electron chi connectivity index (χ2n) is 2.94. The summed E-state index contributed by atoms with van der Waals surface area (Å²) in [4.78, 5) is 38.8. The van der Waals surface area contributed by atoms with Crippen molar-refractivity contribution in [1.29, 1.82) is 0 Å². The van der Waals surface area contributed by atoms with Gasteiger partial charge in [0.05, 0.1) is 18.4 Å². The lowest BCUT2D eigenvalue weighted by atomic mass is 10.3. The number of rotatable bonds is 2. The Balaban J connectivity index is 2.91. The first-order valence-corrected chi connectivity index (χ1v) is 5.10. The second kappa shape index (κ2) is 3.94. The van der Waals surface area contributed by atoms with E-state index in [1.807, 2.05) is 0 Å². The lowest BCUT2D eigenvalue weighted by Crippen LogP contribution is -2.08. The average molecular weight is 255 g/mol. The van der Waals surface area contributed by atoms with Gasteiger partial charge >= 0.3 is 11.7 Å². The quantitative estimate of drug-likeness (QED) is 0.479. The Hall–Kier alpha value is -2.29. The number of nitro groups is 1. The van der Waals surface area contributed by atoms with Gasteiger partial charge < -0.3 is 9.72 Å². The summed E-state index contributed by atoms with van der Waals surface area (Å²) in [5.41, 5.74) is -1.22. The van der Waals surface area contributed by atoms with Crippen LogP contribution < -0.4 is 5.56 Å². The van der Waals surface area contributed by atoms with Crippen molar-refractivity contribution in [3.63, 3.8) is 0 Å². The molecule has 0 spiro atoms. The van der Waals surface area contributed by atoms with Crippen LogP contribution in [0.4, 0.5) is 5.69 Å². The molecule has 0 aliphatic carbocycles. The van der Waals surface area contributed by atoms with Gasteiger partial charge in [-0.1, -0.05) is 0 Å². The molecule has 17 heavy (non-hydrogen) atoms. The van der Waals surface area contributed by atoms with Gasteiger partial charge in [-0.25, -0.2) is 9.78 Å². The maximum absolute atomic E-state index is 11.5. The van der Waals surface area contributed by atoms with Crippen molar-refractivity contribution in [3.8, 4) is 0 Å². The van der Waals surface area contributed by atoms with Crippen LogP contribution in [0.2, 0.25) is 0 Å². The Labute approximate surface area is 97.0 Å². The van der Waals surface area contributed by atoms with Crippen molar-refractivity contribution in [3.05, 3.63) is 31.7 Å². The summed E-state index contributed by atoms with van der Waals surface area (Å²) in [5.74, 6) is -0.862. The van der Waals surface area contributed by atoms with Crippen molar-refractivity contribution in [2.24, 2.45) is 0 Å². The summed E-state index contributed by atoms with van der Waals surface area (Å²) >= 11 is 0.752. The van der Waals surface area contributed by atoms with E-state index in [0.29, 0.717) is 0 Å². The van der Waals surface area contributed by atoms with E-state index >= 15 is 0 Å². The van der Waals surface area contributed by atoms with Crippen LogP contribution in [0.3, 0.4) is 0 Å². The van der Waals surface area contributed by atoms with Gasteiger partial charge in [-0.05, 0) is 0 Å². The summed E-state index contributed by atoms with van der Waals surface area (Å²) in [6.07, 6.45) is 1.12. The van der Waals surface area contributed by atoms with Gasteiger partial charge in [0.15, 0.2) is 10.3 Å². The molecule has 0 amide bonds. The number of aromatic nitrogens is 2. The van der Waals surface area contributed by atoms with Crippen molar-refractivity contribution in [1.82, 2.24) is 9.97 Å². The molecular formula is C8H5N3O5S. The summed E-state index contributed by atoms with van der Waals surface area (Å²) < 4.78 is 4.42. The molecule has 8 nitrogen and oxygen atoms in total. The minimum Gasteiger partial charge on any atom is -0.465 e. The molecule has 2 heterocycles. The Morgan fingerprint density at radius 1 is 1.65 bits per heavy atom. The monoisotopic (exact) mass is 255 g/mol. The van der Waals surface area contributed by atoms with Crippen LogP contribution in [0.25, 0.3) is 10.2 Å². The molecule has 88 valence electrons. The third kappa shape index (κ3) is 1.65. The average Bonchev–Trinajstić information content (AvgIpc) is 2.68. The molecule has 2 rings (SSSR count). The largest absolute Gasteiger partial charge is 0.465 e. The zero-order chi connectivity index (χ0) is 12.6. The van der Waals surface area contributed by atoms with Crippen LogP contribution >= 0.6 is 11.3 Å². The van der Waals surface area contributed by atoms with Crippen LogP contribution in [0.5, 0.6) is 0 Å². The molecule has 0 aliphatic heterocycles. The predicted octanol–water partition coefficient (Wildman–Crippen LogP) is 0.679. The Morgan fingerprint density at radius 2 is 2.35 bits per heavy atom. The van der Waals surface area contributed by atoms with Crippen LogP contribution in [-0.4, -0.2) is 28.0 Å². The highest BCUT2D eigenvalue weighted by Gasteiger charge is 2.30. The van der Waals surface area contributed by atoms with E-state index in [2.05, 4.69) is 14.7 Å². The standard InChI is InChI=1S/C8H5N3O5S/c1-16-8(13)5-4(11(14)15)3-6(12)9-2-10-7(3)17-5/h2H,1H3,(H,9,10,12). The third-order valence-electron chi connectivity index (χ3n) is 2.02. The molecule has 0 unspecified atom stereocenters. The van der Waals surface area contributed by atoms with Gasteiger partial charge in [-0.3, -0.25) is 14.9 Å². The molecule has 9 heteroatoms. The topological polar surface area (TPSA) is 115 Å². The Morgan fingerprint density at radius 3 is 2.94 bits per heavy atom. The zero-order valence-electron chi connectivity index (χ0n) is 8.42.